The molecule has 9 nitrogen and oxygen atoms in total. The van der Waals surface area contributed by atoms with Crippen molar-refractivity contribution in [3.8, 4) is 0 Å². The highest BCUT2D eigenvalue weighted by Crippen LogP contribution is 2.39. The van der Waals surface area contributed by atoms with Crippen LogP contribution in [0.25, 0.3) is 0 Å². The maximum absolute atomic E-state index is 11.8. The van der Waals surface area contributed by atoms with Gasteiger partial charge in [-0.05, 0) is 40.2 Å². The molecule has 0 fully saturated rings. The lowest BCUT2D eigenvalue weighted by Gasteiger charge is -2.19. The minimum atomic E-state index is -0.998. The molecule has 22 heavy (non-hydrogen) atoms. The minimum absolute atomic E-state index is 0.238. The normalized spacial score (nSPS) is 11.0. The number of hydrogen-bond donors (Lipinski definition) is 1. The van der Waals surface area contributed by atoms with E-state index in [0.29, 0.717) is 5.56 Å². The van der Waals surface area contributed by atoms with Crippen LogP contribution in [0.3, 0.4) is 0 Å². The van der Waals surface area contributed by atoms with E-state index in [1.807, 2.05) is 0 Å². The topological polar surface area (TPSA) is 125 Å². The number of carbonyl (C=O) groups is 1. The smallest absolute Gasteiger partial charge is 0.412 e. The summed E-state index contributed by atoms with van der Waals surface area (Å²) in [7, 11) is 0. The third kappa shape index (κ3) is 3.90. The molecular weight excluding hydrogens is 294 g/mol. The van der Waals surface area contributed by atoms with E-state index in [9.17, 15) is 25.0 Å². The Balaban J connectivity index is 3.43. The molecule has 0 aromatic heterocycles. The van der Waals surface area contributed by atoms with Gasteiger partial charge in [0.25, 0.3) is 5.69 Å². The SMILES string of the molecule is Cc1cc([N+](=O)[O-])c(NC(=O)OC(C)(C)C)c([N+](=O)[O-])c1C. The van der Waals surface area contributed by atoms with Crippen molar-refractivity contribution in [1.29, 1.82) is 0 Å². The molecule has 0 aliphatic rings. The zero-order valence-electron chi connectivity index (χ0n) is 12.9. The molecule has 1 rings (SSSR count). The quantitative estimate of drug-likeness (QED) is 0.673. The fourth-order valence-electron chi connectivity index (χ4n) is 1.78. The van der Waals surface area contributed by atoms with Gasteiger partial charge in [0.05, 0.1) is 9.85 Å². The van der Waals surface area contributed by atoms with Gasteiger partial charge in [-0.25, -0.2) is 4.79 Å². The Kier molecular flexibility index (Phi) is 4.70. The van der Waals surface area contributed by atoms with Crippen LogP contribution in [0, 0.1) is 34.1 Å². The first-order valence-corrected chi connectivity index (χ1v) is 6.37. The maximum Gasteiger partial charge on any atom is 0.412 e. The summed E-state index contributed by atoms with van der Waals surface area (Å²) in [6.07, 6.45) is -0.998. The van der Waals surface area contributed by atoms with Crippen LogP contribution in [-0.4, -0.2) is 21.5 Å². The highest BCUT2D eigenvalue weighted by molar-refractivity contribution is 5.93. The summed E-state index contributed by atoms with van der Waals surface area (Å²) in [6.45, 7) is 7.80. The van der Waals surface area contributed by atoms with Crippen LogP contribution < -0.4 is 5.32 Å². The summed E-state index contributed by atoms with van der Waals surface area (Å²) in [4.78, 5) is 32.6. The van der Waals surface area contributed by atoms with E-state index < -0.39 is 38.6 Å². The van der Waals surface area contributed by atoms with E-state index >= 15 is 0 Å². The van der Waals surface area contributed by atoms with E-state index in [1.165, 1.54) is 19.9 Å². The van der Waals surface area contributed by atoms with Gasteiger partial charge < -0.3 is 4.74 Å². The van der Waals surface area contributed by atoms with Gasteiger partial charge in [0.15, 0.2) is 0 Å². The van der Waals surface area contributed by atoms with E-state index in [2.05, 4.69) is 5.32 Å². The molecule has 1 aromatic carbocycles. The van der Waals surface area contributed by atoms with E-state index in [0.717, 1.165) is 0 Å². The second-order valence-corrected chi connectivity index (χ2v) is 5.70. The van der Waals surface area contributed by atoms with Gasteiger partial charge >= 0.3 is 11.8 Å². The summed E-state index contributed by atoms with van der Waals surface area (Å²) >= 11 is 0. The van der Waals surface area contributed by atoms with Gasteiger partial charge in [-0.2, -0.15) is 0 Å². The molecule has 1 N–H and O–H groups in total. The van der Waals surface area contributed by atoms with Gasteiger partial charge in [-0.15, -0.1) is 0 Å². The highest BCUT2D eigenvalue weighted by Gasteiger charge is 2.31. The summed E-state index contributed by atoms with van der Waals surface area (Å²) in [5.74, 6) is 0. The Hall–Kier alpha value is -2.71. The van der Waals surface area contributed by atoms with Gasteiger partial charge in [-0.1, -0.05) is 0 Å². The maximum atomic E-state index is 11.8. The van der Waals surface area contributed by atoms with E-state index in [1.54, 1.807) is 20.8 Å². The van der Waals surface area contributed by atoms with E-state index in [-0.39, 0.29) is 5.56 Å². The number of nitrogens with one attached hydrogen (secondary N) is 1. The summed E-state index contributed by atoms with van der Waals surface area (Å²) in [6, 6.07) is 1.18. The molecule has 120 valence electrons. The molecule has 9 heteroatoms. The molecule has 0 saturated heterocycles. The van der Waals surface area contributed by atoms with Crippen LogP contribution >= 0.6 is 0 Å². The predicted octanol–water partition coefficient (Wildman–Crippen LogP) is 3.47. The molecule has 0 spiro atoms. The minimum Gasteiger partial charge on any atom is -0.444 e. The number of aryl methyl sites for hydroxylation is 1. The fourth-order valence-corrected chi connectivity index (χ4v) is 1.78. The van der Waals surface area contributed by atoms with Gasteiger partial charge in [0, 0.05) is 11.6 Å². The van der Waals surface area contributed by atoms with Crippen molar-refractivity contribution >= 4 is 23.2 Å². The largest absolute Gasteiger partial charge is 0.444 e. The van der Waals surface area contributed by atoms with Crippen molar-refractivity contribution in [1.82, 2.24) is 0 Å². The lowest BCUT2D eigenvalue weighted by atomic mass is 10.0. The molecule has 1 amide bonds. The molecule has 1 aromatic rings. The number of hydrogen-bond acceptors (Lipinski definition) is 6. The molecular formula is C13H17N3O6. The summed E-state index contributed by atoms with van der Waals surface area (Å²) in [5, 5.41) is 24.5. The van der Waals surface area contributed by atoms with Crippen molar-refractivity contribution in [2.24, 2.45) is 0 Å². The second kappa shape index (κ2) is 5.96. The Morgan fingerprint density at radius 2 is 1.73 bits per heavy atom. The van der Waals surface area contributed by atoms with Gasteiger partial charge in [-0.3, -0.25) is 25.5 Å². The zero-order chi connectivity index (χ0) is 17.2. The fraction of sp³-hybridized carbons (Fsp3) is 0.462. The highest BCUT2D eigenvalue weighted by atomic mass is 16.6. The van der Waals surface area contributed by atoms with Crippen molar-refractivity contribution in [2.75, 3.05) is 5.32 Å². The number of ether oxygens (including phenoxy) is 1. The Morgan fingerprint density at radius 1 is 1.18 bits per heavy atom. The number of nitro benzene ring substituents is 2. The molecule has 0 radical (unpaired) electrons. The summed E-state index contributed by atoms with van der Waals surface area (Å²) < 4.78 is 4.99. The molecule has 0 atom stereocenters. The molecule has 0 aliphatic heterocycles. The lowest BCUT2D eigenvalue weighted by molar-refractivity contribution is -0.392. The molecule has 0 unspecified atom stereocenters. The number of benzene rings is 1. The molecule has 0 aliphatic carbocycles. The Bertz CT molecular complexity index is 648. The number of anilines is 1. The Morgan fingerprint density at radius 3 is 2.14 bits per heavy atom. The first kappa shape index (κ1) is 17.3. The molecule has 0 bridgehead atoms. The number of nitro groups is 2. The number of carbonyl (C=O) groups excluding carboxylic acids is 1. The Labute approximate surface area is 126 Å². The second-order valence-electron chi connectivity index (χ2n) is 5.70. The monoisotopic (exact) mass is 311 g/mol. The van der Waals surface area contributed by atoms with Crippen LogP contribution in [0.4, 0.5) is 21.9 Å². The summed E-state index contributed by atoms with van der Waals surface area (Å²) in [5.41, 5.74) is -1.77. The number of amides is 1. The van der Waals surface area contributed by atoms with Crippen LogP contribution in [0.2, 0.25) is 0 Å². The molecule has 0 saturated carbocycles. The molecule has 0 heterocycles. The average Bonchev–Trinajstić information content (AvgIpc) is 2.30. The van der Waals surface area contributed by atoms with Crippen molar-refractivity contribution in [2.45, 2.75) is 40.2 Å². The van der Waals surface area contributed by atoms with Crippen LogP contribution in [0.1, 0.15) is 31.9 Å². The van der Waals surface area contributed by atoms with Crippen LogP contribution in [0.5, 0.6) is 0 Å². The predicted molar refractivity (Wildman–Crippen MR) is 79.1 cm³/mol. The first-order chi connectivity index (χ1) is 9.94. The lowest BCUT2D eigenvalue weighted by Crippen LogP contribution is -2.27. The zero-order valence-corrected chi connectivity index (χ0v) is 12.9. The number of rotatable bonds is 3. The van der Waals surface area contributed by atoms with Gasteiger partial charge in [0.2, 0.25) is 5.69 Å². The first-order valence-electron chi connectivity index (χ1n) is 6.37. The van der Waals surface area contributed by atoms with Gasteiger partial charge in [0.1, 0.15) is 5.60 Å². The van der Waals surface area contributed by atoms with Crippen molar-refractivity contribution < 1.29 is 19.4 Å². The van der Waals surface area contributed by atoms with Crippen LogP contribution in [0.15, 0.2) is 6.07 Å². The van der Waals surface area contributed by atoms with Crippen molar-refractivity contribution in [3.05, 3.63) is 37.4 Å². The third-order valence-corrected chi connectivity index (χ3v) is 2.80. The van der Waals surface area contributed by atoms with Crippen molar-refractivity contribution in [3.63, 3.8) is 0 Å². The van der Waals surface area contributed by atoms with Crippen LogP contribution in [-0.2, 0) is 4.74 Å². The standard InChI is InChI=1S/C13H17N3O6/c1-7-6-9(15(18)19)10(11(8(7)2)16(20)21)14-12(17)22-13(3,4)5/h6H,1-5H3,(H,14,17). The third-order valence-electron chi connectivity index (χ3n) is 2.80. The average molecular weight is 311 g/mol. The number of nitrogens with zero attached hydrogens (tertiary/aromatic N) is 2. The van der Waals surface area contributed by atoms with E-state index in [4.69, 9.17) is 4.74 Å².